The van der Waals surface area contributed by atoms with Crippen molar-refractivity contribution in [1.29, 1.82) is 0 Å². The minimum atomic E-state index is -0.223. The molecular formula is C10H17NO. The van der Waals surface area contributed by atoms with Gasteiger partial charge in [0, 0.05) is 0 Å². The van der Waals surface area contributed by atoms with Crippen molar-refractivity contribution in [3.63, 3.8) is 0 Å². The monoisotopic (exact) mass is 167 g/mol. The summed E-state index contributed by atoms with van der Waals surface area (Å²) < 4.78 is 0. The van der Waals surface area contributed by atoms with E-state index in [1.165, 1.54) is 5.57 Å². The van der Waals surface area contributed by atoms with Crippen LogP contribution in [0.4, 0.5) is 0 Å². The Balaban J connectivity index is 2.64. The predicted octanol–water partition coefficient (Wildman–Crippen LogP) is 2.75. The number of hydrogen-bond donors (Lipinski definition) is 0. The van der Waals surface area contributed by atoms with Gasteiger partial charge in [-0.2, -0.15) is 0 Å². The molecule has 0 saturated heterocycles. The fraction of sp³-hybridized carbons (Fsp3) is 0.700. The van der Waals surface area contributed by atoms with Crippen LogP contribution in [0.2, 0.25) is 0 Å². The molecule has 2 nitrogen and oxygen atoms in total. The van der Waals surface area contributed by atoms with Crippen LogP contribution in [0.3, 0.4) is 0 Å². The van der Waals surface area contributed by atoms with Crippen molar-refractivity contribution >= 4 is 6.21 Å². The largest absolute Gasteiger partial charge is 0.386 e. The second kappa shape index (κ2) is 3.30. The molecular weight excluding hydrogens is 150 g/mol. The van der Waals surface area contributed by atoms with Gasteiger partial charge in [-0.3, -0.25) is 0 Å². The molecule has 0 aliphatic carbocycles. The maximum Gasteiger partial charge on any atom is 0.150 e. The van der Waals surface area contributed by atoms with Gasteiger partial charge in [0.1, 0.15) is 0 Å². The maximum atomic E-state index is 5.17. The lowest BCUT2D eigenvalue weighted by molar-refractivity contribution is 0.0214. The number of hydrogen-bond acceptors (Lipinski definition) is 2. The van der Waals surface area contributed by atoms with Crippen molar-refractivity contribution in [1.82, 2.24) is 0 Å². The van der Waals surface area contributed by atoms with Crippen LogP contribution in [-0.2, 0) is 4.84 Å². The van der Waals surface area contributed by atoms with E-state index in [1.54, 1.807) is 0 Å². The van der Waals surface area contributed by atoms with Crippen LogP contribution in [0.25, 0.3) is 0 Å². The minimum absolute atomic E-state index is 0.223. The number of rotatable bonds is 2. The van der Waals surface area contributed by atoms with Crippen LogP contribution >= 0.6 is 0 Å². The van der Waals surface area contributed by atoms with Crippen LogP contribution in [0, 0.1) is 5.92 Å². The third-order valence-corrected chi connectivity index (χ3v) is 1.68. The molecule has 2 heteroatoms. The third kappa shape index (κ3) is 2.68. The highest BCUT2D eigenvalue weighted by Crippen LogP contribution is 2.21. The second-order valence-corrected chi connectivity index (χ2v) is 4.25. The van der Waals surface area contributed by atoms with E-state index in [0.29, 0.717) is 5.92 Å². The van der Waals surface area contributed by atoms with Crippen molar-refractivity contribution < 1.29 is 4.84 Å². The van der Waals surface area contributed by atoms with E-state index >= 15 is 0 Å². The summed E-state index contributed by atoms with van der Waals surface area (Å²) in [7, 11) is 0. The normalized spacial score (nSPS) is 20.6. The Hall–Kier alpha value is -0.790. The second-order valence-electron chi connectivity index (χ2n) is 4.25. The standard InChI is InChI=1S/C10H17NO/c1-8(2)5-9-6-10(3,4)12-11-7-9/h6-8H,5H2,1-4H3. The molecule has 0 amide bonds. The van der Waals surface area contributed by atoms with Gasteiger partial charge in [0.2, 0.25) is 0 Å². The van der Waals surface area contributed by atoms with Gasteiger partial charge in [-0.05, 0) is 37.8 Å². The smallest absolute Gasteiger partial charge is 0.150 e. The fourth-order valence-corrected chi connectivity index (χ4v) is 1.32. The zero-order valence-electron chi connectivity index (χ0n) is 8.29. The first-order chi connectivity index (χ1) is 5.49. The van der Waals surface area contributed by atoms with Crippen molar-refractivity contribution in [3.8, 4) is 0 Å². The number of allylic oxidation sites excluding steroid dienone is 1. The minimum Gasteiger partial charge on any atom is -0.386 e. The Kier molecular flexibility index (Phi) is 2.55. The molecule has 0 fully saturated rings. The lowest BCUT2D eigenvalue weighted by Crippen LogP contribution is -2.22. The van der Waals surface area contributed by atoms with E-state index in [0.717, 1.165) is 6.42 Å². The zero-order chi connectivity index (χ0) is 9.19. The summed E-state index contributed by atoms with van der Waals surface area (Å²) >= 11 is 0. The molecule has 0 radical (unpaired) electrons. The summed E-state index contributed by atoms with van der Waals surface area (Å²) in [6.07, 6.45) is 5.03. The van der Waals surface area contributed by atoms with Gasteiger partial charge < -0.3 is 4.84 Å². The molecule has 0 aromatic carbocycles. The highest BCUT2D eigenvalue weighted by Gasteiger charge is 2.20. The Morgan fingerprint density at radius 3 is 2.67 bits per heavy atom. The Morgan fingerprint density at radius 1 is 1.50 bits per heavy atom. The molecule has 0 bridgehead atoms. The van der Waals surface area contributed by atoms with Gasteiger partial charge in [0.05, 0.1) is 6.21 Å². The first-order valence-corrected chi connectivity index (χ1v) is 4.43. The molecule has 0 aromatic heterocycles. The van der Waals surface area contributed by atoms with Crippen molar-refractivity contribution in [3.05, 3.63) is 11.6 Å². The molecule has 68 valence electrons. The van der Waals surface area contributed by atoms with E-state index in [1.807, 2.05) is 20.1 Å². The third-order valence-electron chi connectivity index (χ3n) is 1.68. The first-order valence-electron chi connectivity index (χ1n) is 4.43. The molecule has 0 atom stereocenters. The summed E-state index contributed by atoms with van der Waals surface area (Å²) in [4.78, 5) is 5.17. The average Bonchev–Trinajstić information content (AvgIpc) is 1.82. The van der Waals surface area contributed by atoms with E-state index in [4.69, 9.17) is 4.84 Å². The lowest BCUT2D eigenvalue weighted by Gasteiger charge is -2.23. The molecule has 1 aliphatic rings. The molecule has 1 aliphatic heterocycles. The topological polar surface area (TPSA) is 21.6 Å². The summed E-state index contributed by atoms with van der Waals surface area (Å²) in [5, 5.41) is 3.87. The van der Waals surface area contributed by atoms with Crippen LogP contribution in [0.1, 0.15) is 34.1 Å². The average molecular weight is 167 g/mol. The molecule has 0 aromatic rings. The SMILES string of the molecule is CC(C)CC1=CC(C)(C)ON=C1. The van der Waals surface area contributed by atoms with E-state index < -0.39 is 0 Å². The Labute approximate surface area is 74.3 Å². The van der Waals surface area contributed by atoms with Gasteiger partial charge in [0.25, 0.3) is 0 Å². The predicted molar refractivity (Wildman–Crippen MR) is 51.2 cm³/mol. The molecule has 0 unspecified atom stereocenters. The van der Waals surface area contributed by atoms with E-state index in [2.05, 4.69) is 25.1 Å². The van der Waals surface area contributed by atoms with Crippen molar-refractivity contribution in [2.24, 2.45) is 11.1 Å². The number of nitrogens with zero attached hydrogens (tertiary/aromatic N) is 1. The highest BCUT2D eigenvalue weighted by atomic mass is 16.6. The molecule has 0 saturated carbocycles. The lowest BCUT2D eigenvalue weighted by atomic mass is 9.98. The Morgan fingerprint density at radius 2 is 2.17 bits per heavy atom. The fourth-order valence-electron chi connectivity index (χ4n) is 1.32. The molecule has 0 N–H and O–H groups in total. The molecule has 0 spiro atoms. The van der Waals surface area contributed by atoms with Crippen LogP contribution in [-0.4, -0.2) is 11.8 Å². The van der Waals surface area contributed by atoms with Crippen molar-refractivity contribution in [2.45, 2.75) is 39.7 Å². The summed E-state index contributed by atoms with van der Waals surface area (Å²) in [5.74, 6) is 0.677. The maximum absolute atomic E-state index is 5.17. The molecule has 1 heterocycles. The van der Waals surface area contributed by atoms with Gasteiger partial charge in [0.15, 0.2) is 5.60 Å². The number of oxime groups is 1. The van der Waals surface area contributed by atoms with E-state index in [-0.39, 0.29) is 5.60 Å². The summed E-state index contributed by atoms with van der Waals surface area (Å²) in [5.41, 5.74) is 1.06. The van der Waals surface area contributed by atoms with E-state index in [9.17, 15) is 0 Å². The van der Waals surface area contributed by atoms with Crippen LogP contribution < -0.4 is 0 Å². The van der Waals surface area contributed by atoms with Gasteiger partial charge in [-0.15, -0.1) is 0 Å². The van der Waals surface area contributed by atoms with Gasteiger partial charge in [-0.25, -0.2) is 0 Å². The van der Waals surface area contributed by atoms with Crippen molar-refractivity contribution in [2.75, 3.05) is 0 Å². The molecule has 1 rings (SSSR count). The summed E-state index contributed by atoms with van der Waals surface area (Å²) in [6.45, 7) is 8.45. The quantitative estimate of drug-likeness (QED) is 0.619. The Bertz CT molecular complexity index is 214. The van der Waals surface area contributed by atoms with Gasteiger partial charge >= 0.3 is 0 Å². The summed E-state index contributed by atoms with van der Waals surface area (Å²) in [6, 6.07) is 0. The van der Waals surface area contributed by atoms with Crippen LogP contribution in [0.5, 0.6) is 0 Å². The molecule has 12 heavy (non-hydrogen) atoms. The van der Waals surface area contributed by atoms with Gasteiger partial charge in [-0.1, -0.05) is 19.0 Å². The zero-order valence-corrected chi connectivity index (χ0v) is 8.29. The highest BCUT2D eigenvalue weighted by molar-refractivity contribution is 5.79. The first kappa shape index (κ1) is 9.30. The van der Waals surface area contributed by atoms with Crippen LogP contribution in [0.15, 0.2) is 16.8 Å².